The van der Waals surface area contributed by atoms with Gasteiger partial charge in [-0.1, -0.05) is 54.1 Å². The first-order valence-corrected chi connectivity index (χ1v) is 7.77. The Balaban J connectivity index is 1.68. The molecule has 6 heteroatoms. The lowest BCUT2D eigenvalue weighted by Gasteiger charge is -2.08. The Labute approximate surface area is 144 Å². The molecule has 120 valence electrons. The quantitative estimate of drug-likeness (QED) is 0.742. The number of carbonyl (C=O) groups excluding carboxylic acids is 1. The Morgan fingerprint density at radius 2 is 1.75 bits per heavy atom. The summed E-state index contributed by atoms with van der Waals surface area (Å²) in [7, 11) is 0. The number of hydrogen-bond acceptors (Lipinski definition) is 4. The second-order valence-corrected chi connectivity index (χ2v) is 5.45. The van der Waals surface area contributed by atoms with Crippen LogP contribution < -0.4 is 10.6 Å². The molecule has 3 rings (SSSR count). The molecule has 0 saturated carbocycles. The summed E-state index contributed by atoms with van der Waals surface area (Å²) in [5.74, 6) is 0.0546. The molecule has 0 aliphatic heterocycles. The predicted octanol–water partition coefficient (Wildman–Crippen LogP) is 3.80. The molecular formula is C18H15ClN4O. The van der Waals surface area contributed by atoms with Crippen LogP contribution >= 0.6 is 11.6 Å². The van der Waals surface area contributed by atoms with E-state index in [1.54, 1.807) is 12.1 Å². The van der Waals surface area contributed by atoms with Crippen molar-refractivity contribution in [3.8, 4) is 0 Å². The number of rotatable bonds is 5. The predicted molar refractivity (Wildman–Crippen MR) is 94.4 cm³/mol. The average Bonchev–Trinajstić information content (AvgIpc) is 2.63. The lowest BCUT2D eigenvalue weighted by atomic mass is 10.2. The lowest BCUT2D eigenvalue weighted by Crippen LogP contribution is -2.24. The summed E-state index contributed by atoms with van der Waals surface area (Å²) in [5.41, 5.74) is 1.99. The number of halogens is 1. The third kappa shape index (κ3) is 4.08. The highest BCUT2D eigenvalue weighted by molar-refractivity contribution is 6.33. The number of amides is 1. The van der Waals surface area contributed by atoms with Crippen LogP contribution in [0.2, 0.25) is 5.02 Å². The van der Waals surface area contributed by atoms with Crippen LogP contribution in [0.1, 0.15) is 16.1 Å². The van der Waals surface area contributed by atoms with Crippen molar-refractivity contribution in [2.75, 3.05) is 5.32 Å². The molecule has 3 aromatic rings. The number of aromatic nitrogens is 2. The smallest absolute Gasteiger partial charge is 0.270 e. The van der Waals surface area contributed by atoms with E-state index in [4.69, 9.17) is 11.6 Å². The van der Waals surface area contributed by atoms with E-state index in [0.29, 0.717) is 23.2 Å². The van der Waals surface area contributed by atoms with Crippen molar-refractivity contribution in [3.63, 3.8) is 0 Å². The van der Waals surface area contributed by atoms with E-state index in [0.717, 1.165) is 5.56 Å². The van der Waals surface area contributed by atoms with Crippen LogP contribution in [0, 0.1) is 0 Å². The average molecular weight is 339 g/mol. The maximum atomic E-state index is 12.2. The minimum atomic E-state index is -0.261. The number of anilines is 2. The van der Waals surface area contributed by atoms with Gasteiger partial charge < -0.3 is 10.6 Å². The van der Waals surface area contributed by atoms with Crippen LogP contribution in [0.4, 0.5) is 11.6 Å². The standard InChI is InChI=1S/C18H15ClN4O/c19-14-8-4-5-9-15(14)22-18-20-11-10-16(23-18)17(24)21-12-13-6-2-1-3-7-13/h1-11H,12H2,(H,21,24)(H,20,22,23). The Kier molecular flexibility index (Phi) is 5.03. The zero-order valence-corrected chi connectivity index (χ0v) is 13.5. The molecule has 0 radical (unpaired) electrons. The second-order valence-electron chi connectivity index (χ2n) is 5.04. The monoisotopic (exact) mass is 338 g/mol. The minimum Gasteiger partial charge on any atom is -0.347 e. The van der Waals surface area contributed by atoms with Crippen molar-refractivity contribution in [1.82, 2.24) is 15.3 Å². The fourth-order valence-corrected chi connectivity index (χ4v) is 2.28. The number of benzene rings is 2. The summed E-state index contributed by atoms with van der Waals surface area (Å²) in [4.78, 5) is 20.6. The van der Waals surface area contributed by atoms with Gasteiger partial charge in [0.15, 0.2) is 0 Å². The fourth-order valence-electron chi connectivity index (χ4n) is 2.10. The topological polar surface area (TPSA) is 66.9 Å². The first-order chi connectivity index (χ1) is 11.7. The minimum absolute atomic E-state index is 0.261. The van der Waals surface area contributed by atoms with Crippen LogP contribution in [-0.4, -0.2) is 15.9 Å². The number of hydrogen-bond donors (Lipinski definition) is 2. The summed E-state index contributed by atoms with van der Waals surface area (Å²) in [6.07, 6.45) is 1.53. The van der Waals surface area contributed by atoms with Gasteiger partial charge in [-0.15, -0.1) is 0 Å². The fraction of sp³-hybridized carbons (Fsp3) is 0.0556. The molecule has 2 N–H and O–H groups in total. The van der Waals surface area contributed by atoms with Crippen molar-refractivity contribution in [2.24, 2.45) is 0 Å². The number of para-hydroxylation sites is 1. The summed E-state index contributed by atoms with van der Waals surface area (Å²) in [6.45, 7) is 0.441. The third-order valence-electron chi connectivity index (χ3n) is 3.30. The van der Waals surface area contributed by atoms with Crippen molar-refractivity contribution in [2.45, 2.75) is 6.54 Å². The van der Waals surface area contributed by atoms with Gasteiger partial charge in [0.25, 0.3) is 5.91 Å². The van der Waals surface area contributed by atoms with E-state index < -0.39 is 0 Å². The van der Waals surface area contributed by atoms with Crippen molar-refractivity contribution in [1.29, 1.82) is 0 Å². The molecule has 0 aliphatic carbocycles. The highest BCUT2D eigenvalue weighted by Crippen LogP contribution is 2.22. The van der Waals surface area contributed by atoms with Gasteiger partial charge in [-0.2, -0.15) is 0 Å². The van der Waals surface area contributed by atoms with Gasteiger partial charge in [0.05, 0.1) is 10.7 Å². The largest absolute Gasteiger partial charge is 0.347 e. The number of carbonyl (C=O) groups is 1. The van der Waals surface area contributed by atoms with E-state index >= 15 is 0 Å². The van der Waals surface area contributed by atoms with Gasteiger partial charge >= 0.3 is 0 Å². The molecule has 2 aromatic carbocycles. The molecule has 0 saturated heterocycles. The molecule has 0 atom stereocenters. The normalized spacial score (nSPS) is 10.2. The van der Waals surface area contributed by atoms with Crippen molar-refractivity contribution < 1.29 is 4.79 Å². The van der Waals surface area contributed by atoms with E-state index in [-0.39, 0.29) is 11.6 Å². The summed E-state index contributed by atoms with van der Waals surface area (Å²) < 4.78 is 0. The lowest BCUT2D eigenvalue weighted by molar-refractivity contribution is 0.0946. The first-order valence-electron chi connectivity index (χ1n) is 7.39. The van der Waals surface area contributed by atoms with E-state index in [1.165, 1.54) is 6.20 Å². The Bertz CT molecular complexity index is 839. The van der Waals surface area contributed by atoms with Gasteiger partial charge in [0.2, 0.25) is 5.95 Å². The molecule has 1 heterocycles. The molecule has 0 bridgehead atoms. The van der Waals surface area contributed by atoms with Crippen LogP contribution in [0.5, 0.6) is 0 Å². The molecule has 0 spiro atoms. The van der Waals surface area contributed by atoms with Gasteiger partial charge in [-0.3, -0.25) is 4.79 Å². The summed E-state index contributed by atoms with van der Waals surface area (Å²) in [5, 5.41) is 6.40. The van der Waals surface area contributed by atoms with E-state index in [2.05, 4.69) is 20.6 Å². The molecule has 0 unspecified atom stereocenters. The maximum absolute atomic E-state index is 12.2. The second kappa shape index (κ2) is 7.57. The molecule has 1 amide bonds. The zero-order valence-electron chi connectivity index (χ0n) is 12.7. The van der Waals surface area contributed by atoms with E-state index in [9.17, 15) is 4.79 Å². The van der Waals surface area contributed by atoms with Crippen molar-refractivity contribution >= 4 is 29.1 Å². The summed E-state index contributed by atoms with van der Waals surface area (Å²) in [6, 6.07) is 18.5. The molecule has 1 aromatic heterocycles. The molecule has 0 aliphatic rings. The molecule has 24 heavy (non-hydrogen) atoms. The van der Waals surface area contributed by atoms with Crippen molar-refractivity contribution in [3.05, 3.63) is 83.1 Å². The Hall–Kier alpha value is -2.92. The molecular weight excluding hydrogens is 324 g/mol. The highest BCUT2D eigenvalue weighted by atomic mass is 35.5. The third-order valence-corrected chi connectivity index (χ3v) is 3.63. The molecule has 0 fully saturated rings. The highest BCUT2D eigenvalue weighted by Gasteiger charge is 2.09. The Morgan fingerprint density at radius 1 is 1.00 bits per heavy atom. The first kappa shape index (κ1) is 16.0. The number of nitrogens with zero attached hydrogens (tertiary/aromatic N) is 2. The van der Waals surface area contributed by atoms with Crippen LogP contribution in [0.25, 0.3) is 0 Å². The van der Waals surface area contributed by atoms with Crippen LogP contribution in [0.15, 0.2) is 66.9 Å². The maximum Gasteiger partial charge on any atom is 0.270 e. The van der Waals surface area contributed by atoms with Crippen LogP contribution in [0.3, 0.4) is 0 Å². The van der Waals surface area contributed by atoms with Gasteiger partial charge in [0.1, 0.15) is 5.69 Å². The van der Waals surface area contributed by atoms with E-state index in [1.807, 2.05) is 48.5 Å². The van der Waals surface area contributed by atoms with Gasteiger partial charge in [0, 0.05) is 12.7 Å². The summed E-state index contributed by atoms with van der Waals surface area (Å²) >= 11 is 6.10. The van der Waals surface area contributed by atoms with Gasteiger partial charge in [-0.25, -0.2) is 9.97 Å². The SMILES string of the molecule is O=C(NCc1ccccc1)c1ccnc(Nc2ccccc2Cl)n1. The zero-order chi connectivity index (χ0) is 16.8. The number of nitrogens with one attached hydrogen (secondary N) is 2. The van der Waals surface area contributed by atoms with Gasteiger partial charge in [-0.05, 0) is 23.8 Å². The molecule has 5 nitrogen and oxygen atoms in total. The Morgan fingerprint density at radius 3 is 2.54 bits per heavy atom. The van der Waals surface area contributed by atoms with Crippen LogP contribution in [-0.2, 0) is 6.54 Å².